The number of pyridine rings is 1. The maximum atomic E-state index is 13.2. The summed E-state index contributed by atoms with van der Waals surface area (Å²) in [5.41, 5.74) is 1.05. The van der Waals surface area contributed by atoms with Crippen molar-refractivity contribution in [2.75, 3.05) is 11.9 Å². The Morgan fingerprint density at radius 3 is 2.66 bits per heavy atom. The summed E-state index contributed by atoms with van der Waals surface area (Å²) in [5, 5.41) is 4.70. The molecule has 0 amide bonds. The maximum absolute atomic E-state index is 13.2. The standard InChI is InChI=1S/C22H23F3N6S/c1-4-6-7-18(22(23,24)25)26-10-15(5-2)11-27-19-17-8-16(21-29-9-14(3)32-21)12-28-20(17)31-13-30-19/h5,7-10,12-13H,4,6,11H2,1-3H3,(H,27,28,30,31)/b15-5+,18-7+,26-10+. The minimum absolute atomic E-state index is 0.242. The lowest BCUT2D eigenvalue weighted by molar-refractivity contribution is -0.0925. The van der Waals surface area contributed by atoms with Gasteiger partial charge in [0.05, 0.1) is 5.39 Å². The number of alkyl halides is 3. The van der Waals surface area contributed by atoms with Crippen molar-refractivity contribution in [3.8, 4) is 10.6 Å². The Balaban J connectivity index is 1.81. The van der Waals surface area contributed by atoms with Crippen molar-refractivity contribution in [2.45, 2.75) is 39.8 Å². The quantitative estimate of drug-likeness (QED) is 0.409. The fourth-order valence-corrected chi connectivity index (χ4v) is 3.52. The van der Waals surface area contributed by atoms with E-state index in [2.05, 4.69) is 30.2 Å². The van der Waals surface area contributed by atoms with Crippen LogP contribution in [0.4, 0.5) is 19.0 Å². The third kappa shape index (κ3) is 5.97. The zero-order valence-corrected chi connectivity index (χ0v) is 18.8. The second-order valence-corrected chi connectivity index (χ2v) is 8.18. The number of halogens is 3. The van der Waals surface area contributed by atoms with Crippen LogP contribution in [0.5, 0.6) is 0 Å². The minimum atomic E-state index is -4.49. The highest BCUT2D eigenvalue weighted by molar-refractivity contribution is 7.14. The van der Waals surface area contributed by atoms with Crippen LogP contribution in [0.3, 0.4) is 0 Å². The number of anilines is 1. The van der Waals surface area contributed by atoms with E-state index in [1.807, 2.05) is 19.9 Å². The van der Waals surface area contributed by atoms with Gasteiger partial charge < -0.3 is 5.32 Å². The minimum Gasteiger partial charge on any atom is -0.365 e. The fourth-order valence-electron chi connectivity index (χ4n) is 2.77. The zero-order chi connectivity index (χ0) is 23.1. The molecule has 0 radical (unpaired) electrons. The predicted octanol–water partition coefficient (Wildman–Crippen LogP) is 6.13. The molecule has 0 fully saturated rings. The van der Waals surface area contributed by atoms with E-state index >= 15 is 0 Å². The Morgan fingerprint density at radius 2 is 2.00 bits per heavy atom. The third-order valence-electron chi connectivity index (χ3n) is 4.47. The predicted molar refractivity (Wildman–Crippen MR) is 123 cm³/mol. The van der Waals surface area contributed by atoms with E-state index in [0.29, 0.717) is 35.3 Å². The molecule has 0 aliphatic heterocycles. The Labute approximate surface area is 188 Å². The van der Waals surface area contributed by atoms with E-state index in [1.54, 1.807) is 36.7 Å². The van der Waals surface area contributed by atoms with Crippen LogP contribution in [0.2, 0.25) is 0 Å². The molecule has 0 atom stereocenters. The van der Waals surface area contributed by atoms with E-state index < -0.39 is 11.9 Å². The number of aryl methyl sites for hydroxylation is 1. The number of rotatable bonds is 8. The average molecular weight is 461 g/mol. The molecule has 0 saturated heterocycles. The largest absolute Gasteiger partial charge is 0.433 e. The number of hydrogen-bond acceptors (Lipinski definition) is 7. The molecule has 3 aromatic rings. The van der Waals surface area contributed by atoms with Crippen LogP contribution < -0.4 is 5.32 Å². The molecule has 32 heavy (non-hydrogen) atoms. The highest BCUT2D eigenvalue weighted by Gasteiger charge is 2.33. The van der Waals surface area contributed by atoms with Crippen molar-refractivity contribution >= 4 is 34.4 Å². The van der Waals surface area contributed by atoms with Crippen LogP contribution in [0.15, 0.2) is 53.2 Å². The van der Waals surface area contributed by atoms with Gasteiger partial charge in [-0.1, -0.05) is 25.5 Å². The Kier molecular flexibility index (Phi) is 7.68. The number of nitrogens with zero attached hydrogens (tertiary/aromatic N) is 5. The van der Waals surface area contributed by atoms with Crippen LogP contribution >= 0.6 is 11.3 Å². The van der Waals surface area contributed by atoms with Gasteiger partial charge in [-0.05, 0) is 31.9 Å². The van der Waals surface area contributed by atoms with Gasteiger partial charge in [0.25, 0.3) is 0 Å². The molecule has 3 aromatic heterocycles. The molecule has 0 aliphatic carbocycles. The van der Waals surface area contributed by atoms with Crippen molar-refractivity contribution in [1.82, 2.24) is 19.9 Å². The molecule has 0 aliphatic rings. The first-order valence-corrected chi connectivity index (χ1v) is 10.9. The van der Waals surface area contributed by atoms with E-state index in [0.717, 1.165) is 21.5 Å². The summed E-state index contributed by atoms with van der Waals surface area (Å²) in [6, 6.07) is 1.90. The van der Waals surface area contributed by atoms with E-state index in [1.165, 1.54) is 12.5 Å². The lowest BCUT2D eigenvalue weighted by Crippen LogP contribution is -2.12. The molecule has 0 unspecified atom stereocenters. The van der Waals surface area contributed by atoms with Gasteiger partial charge >= 0.3 is 6.18 Å². The average Bonchev–Trinajstić information content (AvgIpc) is 3.20. The van der Waals surface area contributed by atoms with E-state index in [4.69, 9.17) is 0 Å². The topological polar surface area (TPSA) is 76.0 Å². The number of allylic oxidation sites excluding steroid dienone is 3. The van der Waals surface area contributed by atoms with Gasteiger partial charge in [0.15, 0.2) is 5.65 Å². The molecule has 10 heteroatoms. The van der Waals surface area contributed by atoms with Gasteiger partial charge in [-0.3, -0.25) is 4.99 Å². The summed E-state index contributed by atoms with van der Waals surface area (Å²) in [4.78, 5) is 22.0. The van der Waals surface area contributed by atoms with Crippen LogP contribution in [-0.2, 0) is 0 Å². The highest BCUT2D eigenvalue weighted by atomic mass is 32.1. The van der Waals surface area contributed by atoms with Gasteiger partial charge in [-0.2, -0.15) is 13.2 Å². The van der Waals surface area contributed by atoms with Crippen molar-refractivity contribution in [3.05, 3.63) is 53.1 Å². The van der Waals surface area contributed by atoms with Gasteiger partial charge in [-0.15, -0.1) is 11.3 Å². The lowest BCUT2D eigenvalue weighted by Gasteiger charge is -2.10. The van der Waals surface area contributed by atoms with Crippen LogP contribution in [0, 0.1) is 6.92 Å². The summed E-state index contributed by atoms with van der Waals surface area (Å²) in [6.07, 6.45) is 5.39. The summed E-state index contributed by atoms with van der Waals surface area (Å²) in [5.74, 6) is 0.531. The summed E-state index contributed by atoms with van der Waals surface area (Å²) in [6.45, 7) is 5.78. The molecular weight excluding hydrogens is 437 g/mol. The second-order valence-electron chi connectivity index (χ2n) is 6.94. The molecule has 0 aromatic carbocycles. The highest BCUT2D eigenvalue weighted by Crippen LogP contribution is 2.29. The van der Waals surface area contributed by atoms with Gasteiger partial charge in [0.1, 0.15) is 22.8 Å². The van der Waals surface area contributed by atoms with E-state index in [9.17, 15) is 13.2 Å². The molecular formula is C22H23F3N6S. The monoisotopic (exact) mass is 460 g/mol. The second kappa shape index (κ2) is 10.4. The summed E-state index contributed by atoms with van der Waals surface area (Å²) in [7, 11) is 0. The number of thiazole rings is 1. The smallest absolute Gasteiger partial charge is 0.365 e. The molecule has 0 bridgehead atoms. The van der Waals surface area contributed by atoms with Gasteiger partial charge in [0, 0.05) is 35.6 Å². The fraction of sp³-hybridized carbons (Fsp3) is 0.318. The lowest BCUT2D eigenvalue weighted by atomic mass is 10.2. The summed E-state index contributed by atoms with van der Waals surface area (Å²) >= 11 is 1.56. The molecule has 6 nitrogen and oxygen atoms in total. The van der Waals surface area contributed by atoms with Crippen LogP contribution in [0.1, 0.15) is 31.6 Å². The van der Waals surface area contributed by atoms with Crippen molar-refractivity contribution in [1.29, 1.82) is 0 Å². The molecule has 3 heterocycles. The molecule has 0 spiro atoms. The van der Waals surface area contributed by atoms with Crippen LogP contribution in [0.25, 0.3) is 21.6 Å². The SMILES string of the molecule is C\C=C(/C=N/C(=C/CCC)C(F)(F)F)CNc1ncnc2ncc(-c3ncc(C)s3)cc12. The van der Waals surface area contributed by atoms with Gasteiger partial charge in [0.2, 0.25) is 0 Å². The van der Waals surface area contributed by atoms with Crippen LogP contribution in [-0.4, -0.2) is 38.9 Å². The first-order chi connectivity index (χ1) is 15.3. The number of aliphatic imine (C=N–C) groups is 1. The Hall–Kier alpha value is -3.14. The first-order valence-electron chi connectivity index (χ1n) is 10.1. The Bertz CT molecular complexity index is 1160. The van der Waals surface area contributed by atoms with Crippen molar-refractivity contribution < 1.29 is 13.2 Å². The normalized spacial score (nSPS) is 13.3. The van der Waals surface area contributed by atoms with Gasteiger partial charge in [-0.25, -0.2) is 19.9 Å². The zero-order valence-electron chi connectivity index (χ0n) is 17.9. The molecule has 3 rings (SSSR count). The molecule has 168 valence electrons. The van der Waals surface area contributed by atoms with Crippen molar-refractivity contribution in [3.63, 3.8) is 0 Å². The third-order valence-corrected chi connectivity index (χ3v) is 5.44. The van der Waals surface area contributed by atoms with E-state index in [-0.39, 0.29) is 6.54 Å². The Morgan fingerprint density at radius 1 is 1.19 bits per heavy atom. The first kappa shape index (κ1) is 23.5. The van der Waals surface area contributed by atoms with Crippen molar-refractivity contribution in [2.24, 2.45) is 4.99 Å². The molecule has 0 saturated carbocycles. The number of hydrogen-bond donors (Lipinski definition) is 1. The number of unbranched alkanes of at least 4 members (excludes halogenated alkanes) is 1. The number of aromatic nitrogens is 4. The summed E-state index contributed by atoms with van der Waals surface area (Å²) < 4.78 is 39.5. The number of nitrogens with one attached hydrogen (secondary N) is 1. The maximum Gasteiger partial charge on any atom is 0.433 e. The number of fused-ring (bicyclic) bond motifs is 1. The molecule has 1 N–H and O–H groups in total.